The Morgan fingerprint density at radius 3 is 2.33 bits per heavy atom. The van der Waals surface area contributed by atoms with Crippen LogP contribution in [0.15, 0.2) is 42.5 Å². The second-order valence-corrected chi connectivity index (χ2v) is 8.82. The number of benzene rings is 2. The number of nitrogens with zero attached hydrogens (tertiary/aromatic N) is 1. The van der Waals surface area contributed by atoms with E-state index in [4.69, 9.17) is 0 Å². The molecule has 0 spiro atoms. The third-order valence-electron chi connectivity index (χ3n) is 6.59. The molecule has 0 unspecified atom stereocenters. The highest BCUT2D eigenvalue weighted by atomic mass is 16.2. The first-order valence-corrected chi connectivity index (χ1v) is 11.5. The van der Waals surface area contributed by atoms with Gasteiger partial charge in [0, 0.05) is 23.0 Å². The molecule has 1 heterocycles. The van der Waals surface area contributed by atoms with Crippen molar-refractivity contribution in [1.82, 2.24) is 10.2 Å². The van der Waals surface area contributed by atoms with Gasteiger partial charge in [-0.05, 0) is 50.2 Å². The number of hydrogen-bond acceptors (Lipinski definition) is 3. The molecule has 2 fully saturated rings. The molecular weight excluding hydrogens is 374 g/mol. The van der Waals surface area contributed by atoms with Crippen molar-refractivity contribution in [1.29, 1.82) is 0 Å². The average Bonchev–Trinajstić information content (AvgIpc) is 3.03. The van der Waals surface area contributed by atoms with Gasteiger partial charge in [-0.15, -0.1) is 0 Å². The maximum absolute atomic E-state index is 12.7. The fourth-order valence-corrected chi connectivity index (χ4v) is 4.82. The highest BCUT2D eigenvalue weighted by Crippen LogP contribution is 2.24. The first kappa shape index (κ1) is 20.9. The summed E-state index contributed by atoms with van der Waals surface area (Å²) in [5.41, 5.74) is 0.857. The average molecular weight is 408 g/mol. The quantitative estimate of drug-likeness (QED) is 0.725. The monoisotopic (exact) mass is 407 g/mol. The van der Waals surface area contributed by atoms with Crippen molar-refractivity contribution in [3.63, 3.8) is 0 Å². The number of carbonyl (C=O) groups is 2. The topological polar surface area (TPSA) is 61.4 Å². The molecule has 30 heavy (non-hydrogen) atoms. The van der Waals surface area contributed by atoms with E-state index >= 15 is 0 Å². The Balaban J connectivity index is 1.24. The minimum atomic E-state index is 0.00714. The van der Waals surface area contributed by atoms with Crippen LogP contribution in [0.25, 0.3) is 10.8 Å². The second-order valence-electron chi connectivity index (χ2n) is 8.82. The summed E-state index contributed by atoms with van der Waals surface area (Å²) in [4.78, 5) is 27.4. The number of rotatable bonds is 5. The van der Waals surface area contributed by atoms with E-state index in [1.54, 1.807) is 0 Å². The number of hydrogen-bond donors (Lipinski definition) is 2. The van der Waals surface area contributed by atoms with Crippen LogP contribution in [0, 0.1) is 5.92 Å². The Morgan fingerprint density at radius 2 is 1.57 bits per heavy atom. The van der Waals surface area contributed by atoms with Crippen molar-refractivity contribution in [2.45, 2.75) is 57.4 Å². The van der Waals surface area contributed by atoms with E-state index in [9.17, 15) is 9.59 Å². The molecule has 5 heteroatoms. The van der Waals surface area contributed by atoms with Crippen molar-refractivity contribution in [2.75, 3.05) is 25.0 Å². The van der Waals surface area contributed by atoms with Gasteiger partial charge < -0.3 is 10.6 Å². The summed E-state index contributed by atoms with van der Waals surface area (Å²) in [5, 5.41) is 8.54. The van der Waals surface area contributed by atoms with Gasteiger partial charge >= 0.3 is 0 Å². The third kappa shape index (κ3) is 5.39. The predicted molar refractivity (Wildman–Crippen MR) is 121 cm³/mol. The molecule has 0 aromatic heterocycles. The fraction of sp³-hybridized carbons (Fsp3) is 0.520. The molecule has 0 atom stereocenters. The Kier molecular flexibility index (Phi) is 7.00. The minimum Gasteiger partial charge on any atom is -0.353 e. The fourth-order valence-electron chi connectivity index (χ4n) is 4.82. The lowest BCUT2D eigenvalue weighted by molar-refractivity contribution is -0.127. The molecule has 0 bridgehead atoms. The van der Waals surface area contributed by atoms with Gasteiger partial charge in [0.25, 0.3) is 0 Å². The van der Waals surface area contributed by atoms with Gasteiger partial charge in [-0.25, -0.2) is 0 Å². The van der Waals surface area contributed by atoms with Crippen LogP contribution >= 0.6 is 0 Å². The van der Waals surface area contributed by atoms with Crippen molar-refractivity contribution in [3.05, 3.63) is 42.5 Å². The molecule has 2 N–H and O–H groups in total. The number of likely N-dealkylation sites (tertiary alicyclic amines) is 1. The molecule has 1 aliphatic heterocycles. The smallest absolute Gasteiger partial charge is 0.238 e. The number of anilines is 1. The van der Waals surface area contributed by atoms with Crippen molar-refractivity contribution >= 4 is 28.3 Å². The molecule has 1 aliphatic carbocycles. The van der Waals surface area contributed by atoms with Crippen LogP contribution in [0.4, 0.5) is 5.69 Å². The number of fused-ring (bicyclic) bond motifs is 1. The highest BCUT2D eigenvalue weighted by molar-refractivity contribution is 6.02. The largest absolute Gasteiger partial charge is 0.353 e. The molecule has 0 radical (unpaired) electrons. The first-order valence-electron chi connectivity index (χ1n) is 11.5. The standard InChI is InChI=1S/C25H33N3O2/c29-24(27-23-13-7-9-19-8-5-6-12-22(19)23)18-28-16-14-20(15-17-28)25(30)26-21-10-3-1-2-4-11-21/h5-9,12-13,20-21H,1-4,10-11,14-18H2,(H,26,30)(H,27,29). The maximum Gasteiger partial charge on any atom is 0.238 e. The van der Waals surface area contributed by atoms with Crippen LogP contribution in [0.2, 0.25) is 0 Å². The van der Waals surface area contributed by atoms with Crippen LogP contribution in [0.5, 0.6) is 0 Å². The lowest BCUT2D eigenvalue weighted by atomic mass is 9.95. The molecule has 2 amide bonds. The number of amides is 2. The van der Waals surface area contributed by atoms with E-state index in [0.29, 0.717) is 12.6 Å². The van der Waals surface area contributed by atoms with E-state index in [-0.39, 0.29) is 17.7 Å². The van der Waals surface area contributed by atoms with Gasteiger partial charge in [-0.2, -0.15) is 0 Å². The SMILES string of the molecule is O=C(CN1CCC(C(=O)NC2CCCCCC2)CC1)Nc1cccc2ccccc12. The van der Waals surface area contributed by atoms with Gasteiger partial charge in [0.2, 0.25) is 11.8 Å². The van der Waals surface area contributed by atoms with Crippen LogP contribution in [0.1, 0.15) is 51.4 Å². The van der Waals surface area contributed by atoms with Crippen molar-refractivity contribution < 1.29 is 9.59 Å². The summed E-state index contributed by atoms with van der Waals surface area (Å²) in [6.45, 7) is 1.97. The maximum atomic E-state index is 12.7. The summed E-state index contributed by atoms with van der Waals surface area (Å²) >= 11 is 0. The summed E-state index contributed by atoms with van der Waals surface area (Å²) in [6, 6.07) is 14.4. The Labute approximate surface area is 179 Å². The van der Waals surface area contributed by atoms with E-state index in [1.165, 1.54) is 25.7 Å². The number of piperidine rings is 1. The van der Waals surface area contributed by atoms with Crippen LogP contribution < -0.4 is 10.6 Å². The van der Waals surface area contributed by atoms with Gasteiger partial charge in [-0.1, -0.05) is 62.1 Å². The summed E-state index contributed by atoms with van der Waals surface area (Å²) < 4.78 is 0. The summed E-state index contributed by atoms with van der Waals surface area (Å²) in [5.74, 6) is 0.320. The van der Waals surface area contributed by atoms with E-state index in [1.807, 2.05) is 30.3 Å². The molecular formula is C25H33N3O2. The normalized spacial score (nSPS) is 19.3. The summed E-state index contributed by atoms with van der Waals surface area (Å²) in [7, 11) is 0. The van der Waals surface area contributed by atoms with Crippen LogP contribution in [-0.4, -0.2) is 42.4 Å². The summed E-state index contributed by atoms with van der Waals surface area (Å²) in [6.07, 6.45) is 8.97. The lowest BCUT2D eigenvalue weighted by Crippen LogP contribution is -2.45. The minimum absolute atomic E-state index is 0.00714. The number of nitrogens with one attached hydrogen (secondary N) is 2. The molecule has 2 aromatic rings. The highest BCUT2D eigenvalue weighted by Gasteiger charge is 2.27. The molecule has 1 saturated carbocycles. The van der Waals surface area contributed by atoms with Gasteiger partial charge in [0.1, 0.15) is 0 Å². The predicted octanol–water partition coefficient (Wildman–Crippen LogP) is 4.33. The number of carbonyl (C=O) groups excluding carboxylic acids is 2. The second kappa shape index (κ2) is 10.1. The molecule has 1 saturated heterocycles. The molecule has 160 valence electrons. The van der Waals surface area contributed by atoms with E-state index in [0.717, 1.165) is 55.2 Å². The van der Waals surface area contributed by atoms with E-state index in [2.05, 4.69) is 27.7 Å². The molecule has 2 aromatic carbocycles. The molecule has 2 aliphatic rings. The van der Waals surface area contributed by atoms with Crippen LogP contribution in [-0.2, 0) is 9.59 Å². The van der Waals surface area contributed by atoms with Crippen molar-refractivity contribution in [2.24, 2.45) is 5.92 Å². The first-order chi connectivity index (χ1) is 14.7. The van der Waals surface area contributed by atoms with Gasteiger partial charge in [0.05, 0.1) is 6.54 Å². The van der Waals surface area contributed by atoms with Gasteiger partial charge in [-0.3, -0.25) is 14.5 Å². The third-order valence-corrected chi connectivity index (χ3v) is 6.59. The van der Waals surface area contributed by atoms with Crippen molar-refractivity contribution in [3.8, 4) is 0 Å². The van der Waals surface area contributed by atoms with Crippen LogP contribution in [0.3, 0.4) is 0 Å². The zero-order valence-corrected chi connectivity index (χ0v) is 17.7. The molecule has 5 nitrogen and oxygen atoms in total. The Morgan fingerprint density at radius 1 is 0.867 bits per heavy atom. The zero-order valence-electron chi connectivity index (χ0n) is 17.7. The molecule has 4 rings (SSSR count). The van der Waals surface area contributed by atoms with E-state index < -0.39 is 0 Å². The lowest BCUT2D eigenvalue weighted by Gasteiger charge is -2.31. The van der Waals surface area contributed by atoms with Gasteiger partial charge in [0.15, 0.2) is 0 Å². The Bertz CT molecular complexity index is 860. The Hall–Kier alpha value is -2.40. The zero-order chi connectivity index (χ0) is 20.8.